The van der Waals surface area contributed by atoms with Crippen LogP contribution in [0.25, 0.3) is 5.70 Å². The fraction of sp³-hybridized carbons (Fsp3) is 0.185. The molecule has 0 unspecified atom stereocenters. The van der Waals surface area contributed by atoms with E-state index in [2.05, 4.69) is 18.3 Å². The third-order valence-electron chi connectivity index (χ3n) is 6.37. The first-order chi connectivity index (χ1) is 17.1. The normalized spacial score (nSPS) is 18.2. The average molecular weight is 487 g/mol. The van der Waals surface area contributed by atoms with Crippen LogP contribution in [0.1, 0.15) is 34.4 Å². The van der Waals surface area contributed by atoms with Crippen molar-refractivity contribution in [3.05, 3.63) is 100 Å². The Hall–Kier alpha value is -3.78. The van der Waals surface area contributed by atoms with E-state index >= 15 is 0 Å². The molecule has 35 heavy (non-hydrogen) atoms. The molecule has 6 rings (SSSR count). The van der Waals surface area contributed by atoms with Gasteiger partial charge in [0.15, 0.2) is 0 Å². The summed E-state index contributed by atoms with van der Waals surface area (Å²) in [7, 11) is 1.65. The van der Waals surface area contributed by atoms with Crippen molar-refractivity contribution in [2.24, 2.45) is 0 Å². The Kier molecular flexibility index (Phi) is 5.25. The van der Waals surface area contributed by atoms with Crippen LogP contribution in [-0.4, -0.2) is 28.1 Å². The van der Waals surface area contributed by atoms with Crippen LogP contribution in [0.5, 0.6) is 11.5 Å². The minimum absolute atomic E-state index is 0.307. The zero-order valence-electron chi connectivity index (χ0n) is 19.4. The van der Waals surface area contributed by atoms with E-state index in [-0.39, 0.29) is 11.9 Å². The van der Waals surface area contributed by atoms with E-state index in [4.69, 9.17) is 19.6 Å². The average Bonchev–Trinajstić information content (AvgIpc) is 3.30. The maximum atomic E-state index is 14.4. The molecule has 0 aliphatic carbocycles. The van der Waals surface area contributed by atoms with Crippen molar-refractivity contribution < 1.29 is 13.9 Å². The van der Waals surface area contributed by atoms with Crippen LogP contribution in [0, 0.1) is 12.7 Å². The van der Waals surface area contributed by atoms with Crippen LogP contribution in [-0.2, 0) is 0 Å². The standard InChI is InChI=1S/C27H23FN4O2S/c1-15-7-12-21-20(13-15)23-22(25(34-21)17-5-4-6-18(28)14-17)24(16-8-10-19(33-2)11-9-16)32-26(29-23)30-27(31-32)35-3/h4-14,24-25H,1-3H3,(H,29,30,31)/t24-,25+/m0/s1. The lowest BCUT2D eigenvalue weighted by Crippen LogP contribution is -2.32. The number of aryl methyl sites for hydroxylation is 1. The van der Waals surface area contributed by atoms with Crippen molar-refractivity contribution in [2.75, 3.05) is 18.7 Å². The topological polar surface area (TPSA) is 61.2 Å². The largest absolute Gasteiger partial charge is 0.497 e. The predicted molar refractivity (Wildman–Crippen MR) is 134 cm³/mol. The van der Waals surface area contributed by atoms with Gasteiger partial charge in [0.05, 0.1) is 12.8 Å². The highest BCUT2D eigenvalue weighted by atomic mass is 32.2. The number of aromatic nitrogens is 3. The lowest BCUT2D eigenvalue weighted by Gasteiger charge is -2.39. The Morgan fingerprint density at radius 1 is 1.06 bits per heavy atom. The third-order valence-corrected chi connectivity index (χ3v) is 6.91. The highest BCUT2D eigenvalue weighted by Gasteiger charge is 2.41. The Balaban J connectivity index is 1.63. The van der Waals surface area contributed by atoms with Crippen LogP contribution in [0.15, 0.2) is 77.5 Å². The summed E-state index contributed by atoms with van der Waals surface area (Å²) < 4.78 is 28.2. The van der Waals surface area contributed by atoms with Crippen molar-refractivity contribution in [2.45, 2.75) is 24.2 Å². The number of halogens is 1. The Labute approximate surface area is 206 Å². The fourth-order valence-corrected chi connectivity index (χ4v) is 5.11. The van der Waals surface area contributed by atoms with E-state index in [1.165, 1.54) is 23.9 Å². The molecular weight excluding hydrogens is 463 g/mol. The van der Waals surface area contributed by atoms with E-state index in [1.807, 2.05) is 53.4 Å². The quantitative estimate of drug-likeness (QED) is 0.356. The molecule has 176 valence electrons. The zero-order valence-corrected chi connectivity index (χ0v) is 20.3. The van der Waals surface area contributed by atoms with Gasteiger partial charge in [-0.3, -0.25) is 0 Å². The Morgan fingerprint density at radius 2 is 1.89 bits per heavy atom. The molecule has 0 saturated carbocycles. The third kappa shape index (κ3) is 3.65. The van der Waals surface area contributed by atoms with Gasteiger partial charge in [-0.1, -0.05) is 47.7 Å². The molecule has 3 aromatic carbocycles. The van der Waals surface area contributed by atoms with E-state index in [0.29, 0.717) is 11.1 Å². The second-order valence-electron chi connectivity index (χ2n) is 8.55. The summed E-state index contributed by atoms with van der Waals surface area (Å²) in [5.74, 6) is 1.85. The SMILES string of the molecule is COc1ccc([C@H]2C3=C(Nc4nc(SC)nn42)c2cc(C)ccc2O[C@@H]3c2cccc(F)c2)cc1. The van der Waals surface area contributed by atoms with E-state index < -0.39 is 6.10 Å². The number of rotatable bonds is 4. The molecule has 8 heteroatoms. The van der Waals surface area contributed by atoms with E-state index in [1.54, 1.807) is 13.2 Å². The number of methoxy groups -OCH3 is 1. The molecule has 2 aliphatic rings. The molecule has 6 nitrogen and oxygen atoms in total. The number of nitrogens with zero attached hydrogens (tertiary/aromatic N) is 3. The predicted octanol–water partition coefficient (Wildman–Crippen LogP) is 6.02. The van der Waals surface area contributed by atoms with Crippen LogP contribution in [0.3, 0.4) is 0 Å². The maximum absolute atomic E-state index is 14.4. The fourth-order valence-electron chi connectivity index (χ4n) is 4.76. The van der Waals surface area contributed by atoms with Crippen LogP contribution in [0.2, 0.25) is 0 Å². The van der Waals surface area contributed by atoms with Crippen LogP contribution < -0.4 is 14.8 Å². The molecule has 0 spiro atoms. The first-order valence-electron chi connectivity index (χ1n) is 11.2. The van der Waals surface area contributed by atoms with Crippen molar-refractivity contribution in [3.63, 3.8) is 0 Å². The Bertz CT molecular complexity index is 1460. The summed E-state index contributed by atoms with van der Waals surface area (Å²) in [5, 5.41) is 8.99. The summed E-state index contributed by atoms with van der Waals surface area (Å²) in [6.45, 7) is 2.05. The second-order valence-corrected chi connectivity index (χ2v) is 9.32. The lowest BCUT2D eigenvalue weighted by molar-refractivity contribution is 0.222. The lowest BCUT2D eigenvalue weighted by atomic mass is 9.84. The molecule has 0 fully saturated rings. The molecule has 3 heterocycles. The van der Waals surface area contributed by atoms with Crippen molar-refractivity contribution in [3.8, 4) is 11.5 Å². The number of anilines is 1. The molecule has 0 amide bonds. The van der Waals surface area contributed by atoms with Gasteiger partial charge in [-0.2, -0.15) is 4.98 Å². The number of thioether (sulfide) groups is 1. The monoisotopic (exact) mass is 486 g/mol. The highest BCUT2D eigenvalue weighted by molar-refractivity contribution is 7.98. The zero-order chi connectivity index (χ0) is 24.1. The van der Waals surface area contributed by atoms with Gasteiger partial charge >= 0.3 is 0 Å². The molecule has 2 atom stereocenters. The minimum Gasteiger partial charge on any atom is -0.497 e. The smallest absolute Gasteiger partial charge is 0.227 e. The van der Waals surface area contributed by atoms with Crippen LogP contribution >= 0.6 is 11.8 Å². The second kappa shape index (κ2) is 8.46. The number of benzene rings is 3. The minimum atomic E-state index is -0.523. The van der Waals surface area contributed by atoms with Crippen molar-refractivity contribution in [1.82, 2.24) is 14.8 Å². The number of hydrogen-bond acceptors (Lipinski definition) is 6. The summed E-state index contributed by atoms with van der Waals surface area (Å²) in [4.78, 5) is 4.72. The first kappa shape index (κ1) is 21.7. The molecule has 2 aliphatic heterocycles. The molecule has 0 bridgehead atoms. The van der Waals surface area contributed by atoms with Crippen molar-refractivity contribution in [1.29, 1.82) is 0 Å². The van der Waals surface area contributed by atoms with Gasteiger partial charge in [0.1, 0.15) is 29.5 Å². The summed E-state index contributed by atoms with van der Waals surface area (Å²) in [6.07, 6.45) is 1.43. The molecule has 0 saturated heterocycles. The molecular formula is C27H23FN4O2S. The van der Waals surface area contributed by atoms with Gasteiger partial charge in [0.25, 0.3) is 0 Å². The molecule has 4 aromatic rings. The van der Waals surface area contributed by atoms with E-state index in [0.717, 1.165) is 45.0 Å². The summed E-state index contributed by atoms with van der Waals surface area (Å²) in [6, 6.07) is 20.3. The Morgan fingerprint density at radius 3 is 2.63 bits per heavy atom. The molecule has 1 N–H and O–H groups in total. The maximum Gasteiger partial charge on any atom is 0.227 e. The first-order valence-corrected chi connectivity index (χ1v) is 12.5. The summed E-state index contributed by atoms with van der Waals surface area (Å²) in [5.41, 5.74) is 5.66. The molecule has 1 aromatic heterocycles. The van der Waals surface area contributed by atoms with Gasteiger partial charge in [-0.05, 0) is 60.7 Å². The van der Waals surface area contributed by atoms with Gasteiger partial charge in [0.2, 0.25) is 11.1 Å². The molecule has 0 radical (unpaired) electrons. The summed E-state index contributed by atoms with van der Waals surface area (Å²) >= 11 is 1.48. The number of hydrogen-bond donors (Lipinski definition) is 1. The van der Waals surface area contributed by atoms with Gasteiger partial charge in [-0.25, -0.2) is 9.07 Å². The van der Waals surface area contributed by atoms with Crippen LogP contribution in [0.4, 0.5) is 10.3 Å². The highest BCUT2D eigenvalue weighted by Crippen LogP contribution is 2.51. The van der Waals surface area contributed by atoms with E-state index in [9.17, 15) is 4.39 Å². The van der Waals surface area contributed by atoms with Gasteiger partial charge < -0.3 is 14.8 Å². The van der Waals surface area contributed by atoms with Crippen molar-refractivity contribution >= 4 is 23.4 Å². The number of nitrogens with one attached hydrogen (secondary N) is 1. The number of ether oxygens (including phenoxy) is 2. The van der Waals surface area contributed by atoms with Gasteiger partial charge in [0, 0.05) is 11.1 Å². The number of fused-ring (bicyclic) bond motifs is 3. The van der Waals surface area contributed by atoms with Gasteiger partial charge in [-0.15, -0.1) is 5.10 Å².